The van der Waals surface area contributed by atoms with Crippen LogP contribution in [0.25, 0.3) is 0 Å². The minimum absolute atomic E-state index is 0.00116. The van der Waals surface area contributed by atoms with Gasteiger partial charge in [-0.2, -0.15) is 0 Å². The predicted molar refractivity (Wildman–Crippen MR) is 356 cm³/mol. The third-order valence-corrected chi connectivity index (χ3v) is 26.2. The summed E-state index contributed by atoms with van der Waals surface area (Å²) < 4.78 is 88.6. The molecule has 11 rings (SSSR count). The van der Waals surface area contributed by atoms with Crippen molar-refractivity contribution in [1.82, 2.24) is 5.32 Å². The number of carbonyl (C=O) groups is 4. The fourth-order valence-electron chi connectivity index (χ4n) is 19.8. The number of carboxylic acid groups (broad SMARTS) is 1. The van der Waals surface area contributed by atoms with Crippen LogP contribution in [0.3, 0.4) is 0 Å². The molecule has 0 aromatic heterocycles. The van der Waals surface area contributed by atoms with Gasteiger partial charge in [-0.25, -0.2) is 4.79 Å². The summed E-state index contributed by atoms with van der Waals surface area (Å²) in [6, 6.07) is -1.55. The highest BCUT2D eigenvalue weighted by atomic mass is 16.8. The van der Waals surface area contributed by atoms with Crippen LogP contribution in [0.2, 0.25) is 0 Å². The van der Waals surface area contributed by atoms with Gasteiger partial charge in [0.1, 0.15) is 128 Å². The Morgan fingerprint density at radius 2 is 1.15 bits per heavy atom. The molecular formula is C71H113NO36. The number of nitrogens with one attached hydrogen (secondary N) is 1. The smallest absolute Gasteiger partial charge is 0.335 e. The van der Waals surface area contributed by atoms with Gasteiger partial charge in [0.25, 0.3) is 0 Å². The van der Waals surface area contributed by atoms with E-state index >= 15 is 4.79 Å². The summed E-state index contributed by atoms with van der Waals surface area (Å²) in [6.07, 6.45) is -47.2. The van der Waals surface area contributed by atoms with Crippen LogP contribution in [0.15, 0.2) is 11.6 Å². The van der Waals surface area contributed by atoms with Crippen molar-refractivity contribution in [2.75, 3.05) is 66.6 Å². The van der Waals surface area contributed by atoms with Crippen molar-refractivity contribution in [3.8, 4) is 0 Å². The number of esters is 1. The largest absolute Gasteiger partial charge is 0.479 e. The lowest BCUT2D eigenvalue weighted by Crippen LogP contribution is -2.70. The maximum absolute atomic E-state index is 16.0. The maximum atomic E-state index is 16.0. The van der Waals surface area contributed by atoms with Crippen LogP contribution in [0.4, 0.5) is 0 Å². The number of hydrogen-bond donors (Lipinski definition) is 18. The number of allylic oxidation sites excluding steroid dienone is 2. The van der Waals surface area contributed by atoms with Gasteiger partial charge in [-0.05, 0) is 104 Å². The Labute approximate surface area is 623 Å². The van der Waals surface area contributed by atoms with Crippen LogP contribution in [0.5, 0.6) is 0 Å². The number of fused-ring (bicyclic) bond motifs is 7. The lowest BCUT2D eigenvalue weighted by molar-refractivity contribution is -0.391. The molecule has 6 aliphatic heterocycles. The molecule has 618 valence electrons. The average molecular weight is 1560 g/mol. The van der Waals surface area contributed by atoms with Gasteiger partial charge in [0.05, 0.1) is 82.6 Å². The number of hydrogen-bond acceptors (Lipinski definition) is 35. The molecule has 18 unspecified atom stereocenters. The van der Waals surface area contributed by atoms with Crippen molar-refractivity contribution >= 4 is 24.1 Å². The fraction of sp³-hybridized carbons (Fsp3) is 0.915. The molecule has 0 bridgehead atoms. The minimum Gasteiger partial charge on any atom is -0.479 e. The van der Waals surface area contributed by atoms with E-state index in [1.165, 1.54) is 14.0 Å². The van der Waals surface area contributed by atoms with E-state index in [4.69, 9.17) is 71.1 Å². The van der Waals surface area contributed by atoms with Gasteiger partial charge in [-0.3, -0.25) is 9.59 Å². The van der Waals surface area contributed by atoms with Gasteiger partial charge in [-0.1, -0.05) is 53.2 Å². The summed E-state index contributed by atoms with van der Waals surface area (Å²) in [5.74, 6) is -5.02. The number of aliphatic hydroxyl groups excluding tert-OH is 16. The van der Waals surface area contributed by atoms with E-state index in [1.54, 1.807) is 6.92 Å². The highest BCUT2D eigenvalue weighted by Crippen LogP contribution is 2.76. The molecule has 0 aromatic rings. The van der Waals surface area contributed by atoms with Gasteiger partial charge >= 0.3 is 11.9 Å². The Hall–Kier alpha value is -3.38. The first-order valence-electron chi connectivity index (χ1n) is 37.3. The van der Waals surface area contributed by atoms with Gasteiger partial charge < -0.3 is 168 Å². The molecule has 6 heterocycles. The number of carbonyl (C=O) groups excluding carboxylic acids is 3. The first kappa shape index (κ1) is 85.5. The molecule has 6 saturated heterocycles. The summed E-state index contributed by atoms with van der Waals surface area (Å²) >= 11 is 0. The maximum Gasteiger partial charge on any atom is 0.335 e. The van der Waals surface area contributed by atoms with Gasteiger partial charge in [0.15, 0.2) is 43.7 Å². The van der Waals surface area contributed by atoms with Crippen molar-refractivity contribution in [2.24, 2.45) is 50.2 Å². The number of aliphatic carboxylic acids is 1. The molecule has 10 fully saturated rings. The normalized spacial score (nSPS) is 50.2. The highest BCUT2D eigenvalue weighted by Gasteiger charge is 2.73. The second kappa shape index (κ2) is 33.8. The Kier molecular flexibility index (Phi) is 26.8. The van der Waals surface area contributed by atoms with E-state index in [0.717, 1.165) is 11.9 Å². The molecule has 5 aliphatic carbocycles. The van der Waals surface area contributed by atoms with Crippen molar-refractivity contribution in [1.29, 1.82) is 0 Å². The third kappa shape index (κ3) is 15.7. The summed E-state index contributed by atoms with van der Waals surface area (Å²) in [6.45, 7) is 10.8. The van der Waals surface area contributed by atoms with Crippen LogP contribution in [-0.2, 0) is 90.2 Å². The van der Waals surface area contributed by atoms with E-state index in [-0.39, 0.29) is 45.0 Å². The predicted octanol–water partition coefficient (Wildman–Crippen LogP) is -6.04. The molecule has 4 saturated carbocycles. The number of aldehydes is 1. The molecule has 18 N–H and O–H groups in total. The van der Waals surface area contributed by atoms with E-state index in [9.17, 15) is 101 Å². The van der Waals surface area contributed by atoms with Crippen molar-refractivity contribution < 1.29 is 177 Å². The standard InChI is InChI=1S/C71H113NO36/c1-29-53(103-59-48(86)42(80)32(76)25-97-59)47(85)51(89)61(99-29)106-56-45(83)41(72-40(79)27-96-20-19-95-18-17-94-8)34(23-73)100-63(56)108-65(93)71-16-15-66(2,3)21-31(71)30-9-10-37-67(4)13-12-39(68(5,28-75)36(67)11-14-69(37,6)70(30,7)22-38(71)78)102-64-57(107-62-50(88)46(84)44(82)35(24-74)101-62)54(52(90)55(105-64)58(91)92)104-60-49(87)43(81)33(77)26-98-60/h9,28-29,31-39,41-57,59-64,73-74,76-78,80-90H,10-27H2,1-8H3,(H,72,79)(H,91,92)/t29?,31?,32-,33-,34?,35?,36-,37?,38?,39+,41+,42?,43+,44+,45?,46+,47?,48?,49?,50?,51?,52+,53+,54+,55?,56?,57?,59+,60+,61+,62+,63+,64-,67?,68-,69?,70-,71-/m1/s1. The Morgan fingerprint density at radius 1 is 0.565 bits per heavy atom. The van der Waals surface area contributed by atoms with Crippen molar-refractivity contribution in [3.05, 3.63) is 11.6 Å². The van der Waals surface area contributed by atoms with Gasteiger partial charge in [-0.15, -0.1) is 0 Å². The Balaban J connectivity index is 0.868. The first-order chi connectivity index (χ1) is 50.9. The monoisotopic (exact) mass is 1560 g/mol. The molecule has 1 amide bonds. The van der Waals surface area contributed by atoms with E-state index in [1.807, 2.05) is 0 Å². The molecule has 108 heavy (non-hydrogen) atoms. The van der Waals surface area contributed by atoms with Crippen LogP contribution in [0, 0.1) is 50.2 Å². The molecule has 37 heteroatoms. The van der Waals surface area contributed by atoms with Crippen molar-refractivity contribution in [2.45, 2.75) is 290 Å². The van der Waals surface area contributed by atoms with E-state index < -0.39 is 279 Å². The zero-order valence-electron chi connectivity index (χ0n) is 61.8. The number of rotatable bonds is 25. The Morgan fingerprint density at radius 3 is 1.78 bits per heavy atom. The lowest BCUT2D eigenvalue weighted by Gasteiger charge is -2.71. The zero-order valence-corrected chi connectivity index (χ0v) is 61.8. The summed E-state index contributed by atoms with van der Waals surface area (Å²) in [5, 5.41) is 191. The summed E-state index contributed by atoms with van der Waals surface area (Å²) in [4.78, 5) is 56.9. The molecule has 0 aromatic carbocycles. The number of carboxylic acids is 1. The summed E-state index contributed by atoms with van der Waals surface area (Å²) in [7, 11) is 1.50. The van der Waals surface area contributed by atoms with Crippen molar-refractivity contribution in [3.63, 3.8) is 0 Å². The molecule has 0 radical (unpaired) electrons. The highest BCUT2D eigenvalue weighted by molar-refractivity contribution is 5.80. The fourth-order valence-corrected chi connectivity index (χ4v) is 19.8. The number of amides is 1. The SMILES string of the molecule is COCCOCCOCC(=O)N[C@H]1C(CO)O[C@@H](OC(=O)[C@]23CCC(C)(C)CC2C2=CCC4C5(C)CC[C@H](O[C@@H]6OC(C(=O)O)[C@@H](O)[C@H](O[C@@H]7OC[C@@H](O)[C@H](O)C7O)C6O[C@@H]6OC(CO)[C@H](O)[C@H](O)C6O)[C@](C)(C=O)[C@@H]5CCC4(C)[C@]2(C)CC3O)C(O[C@@H]2OC(C)[C@H](O[C@@H]3OC[C@@H](O)C(O)C3O)C(O)C2O)C1O. The Bertz CT molecular complexity index is 3100. The second-order valence-corrected chi connectivity index (χ2v) is 33.0. The second-order valence-electron chi connectivity index (χ2n) is 33.0. The first-order valence-corrected chi connectivity index (χ1v) is 37.3. The lowest BCUT2D eigenvalue weighted by atomic mass is 9.33. The van der Waals surface area contributed by atoms with Crippen LogP contribution >= 0.6 is 0 Å². The zero-order chi connectivity index (χ0) is 78.8. The minimum atomic E-state index is -2.23. The quantitative estimate of drug-likeness (QED) is 0.0133. The number of ether oxygens (including phenoxy) is 15. The van der Waals surface area contributed by atoms with Crippen LogP contribution in [0.1, 0.15) is 106 Å². The number of aliphatic hydroxyl groups is 16. The molecule has 37 nitrogen and oxygen atoms in total. The summed E-state index contributed by atoms with van der Waals surface area (Å²) in [5.41, 5.74) is -5.09. The molecule has 38 atom stereocenters. The average Bonchev–Trinajstić information content (AvgIpc) is 0.670. The van der Waals surface area contributed by atoms with E-state index in [2.05, 4.69) is 46.0 Å². The van der Waals surface area contributed by atoms with Crippen LogP contribution < -0.4 is 5.32 Å². The van der Waals surface area contributed by atoms with Crippen LogP contribution in [-0.4, -0.2) is 362 Å². The van der Waals surface area contributed by atoms with Gasteiger partial charge in [0.2, 0.25) is 12.2 Å². The molecule has 0 spiro atoms. The number of methoxy groups -OCH3 is 1. The van der Waals surface area contributed by atoms with Gasteiger partial charge in [0, 0.05) is 7.11 Å². The topological polar surface area (TPSA) is 563 Å². The molecular weight excluding hydrogens is 1440 g/mol. The van der Waals surface area contributed by atoms with E-state index in [0.29, 0.717) is 45.1 Å². The molecule has 11 aliphatic rings. The third-order valence-electron chi connectivity index (χ3n) is 26.2.